The molecule has 1 aromatic heterocycles. The second kappa shape index (κ2) is 8.15. The Morgan fingerprint density at radius 3 is 2.67 bits per heavy atom. The van der Waals surface area contributed by atoms with Crippen LogP contribution < -0.4 is 11.1 Å². The lowest BCUT2D eigenvalue weighted by molar-refractivity contribution is -0.112. The Kier molecular flexibility index (Phi) is 5.62. The van der Waals surface area contributed by atoms with Crippen LogP contribution in [0.2, 0.25) is 0 Å². The number of aliphatic hydroxyl groups is 1. The highest BCUT2D eigenvalue weighted by Crippen LogP contribution is 2.42. The van der Waals surface area contributed by atoms with E-state index in [0.29, 0.717) is 46.1 Å². The Morgan fingerprint density at radius 1 is 1.30 bits per heavy atom. The number of carbonyl (C=O) groups excluding carboxylic acids is 2. The summed E-state index contributed by atoms with van der Waals surface area (Å²) >= 11 is 0. The largest absolute Gasteiger partial charge is 0.390 e. The number of hydrogen-bond acceptors (Lipinski definition) is 3. The second-order valence-corrected chi connectivity index (χ2v) is 9.39. The fraction of sp³-hybridized carbons (Fsp3) is 0.308. The minimum absolute atomic E-state index is 0.0315. The van der Waals surface area contributed by atoms with E-state index in [2.05, 4.69) is 16.9 Å². The van der Waals surface area contributed by atoms with Gasteiger partial charge in [-0.15, -0.1) is 0 Å². The number of benzene rings is 2. The maximum atomic E-state index is 15.5. The number of halogens is 1. The van der Waals surface area contributed by atoms with E-state index in [1.54, 1.807) is 45.0 Å². The summed E-state index contributed by atoms with van der Waals surface area (Å²) < 4.78 is 15.5. The highest BCUT2D eigenvalue weighted by molar-refractivity contribution is 6.11. The molecular formula is C26H28FN3O3. The van der Waals surface area contributed by atoms with E-state index in [9.17, 15) is 14.7 Å². The van der Waals surface area contributed by atoms with E-state index >= 15 is 4.39 Å². The van der Waals surface area contributed by atoms with Crippen LogP contribution in [0.25, 0.3) is 22.0 Å². The highest BCUT2D eigenvalue weighted by atomic mass is 19.1. The van der Waals surface area contributed by atoms with Gasteiger partial charge in [0.05, 0.1) is 16.7 Å². The molecule has 2 aromatic carbocycles. The van der Waals surface area contributed by atoms with Crippen LogP contribution >= 0.6 is 0 Å². The van der Waals surface area contributed by atoms with Crippen molar-refractivity contribution in [2.24, 2.45) is 11.7 Å². The summed E-state index contributed by atoms with van der Waals surface area (Å²) in [5.74, 6) is -1.57. The van der Waals surface area contributed by atoms with E-state index in [4.69, 9.17) is 5.73 Å². The summed E-state index contributed by atoms with van der Waals surface area (Å²) in [5.41, 5.74) is 8.91. The maximum Gasteiger partial charge on any atom is 0.250 e. The van der Waals surface area contributed by atoms with Gasteiger partial charge < -0.3 is 21.1 Å². The lowest BCUT2D eigenvalue weighted by Crippen LogP contribution is -2.34. The molecule has 0 aliphatic heterocycles. The number of amides is 2. The van der Waals surface area contributed by atoms with Crippen molar-refractivity contribution in [1.82, 2.24) is 4.98 Å². The number of nitrogens with one attached hydrogen (secondary N) is 2. The van der Waals surface area contributed by atoms with Crippen molar-refractivity contribution in [3.05, 3.63) is 65.1 Å². The predicted octanol–water partition coefficient (Wildman–Crippen LogP) is 4.46. The first-order valence-electron chi connectivity index (χ1n) is 10.9. The van der Waals surface area contributed by atoms with Crippen molar-refractivity contribution in [2.45, 2.75) is 45.6 Å². The smallest absolute Gasteiger partial charge is 0.250 e. The molecule has 1 aliphatic carbocycles. The first-order chi connectivity index (χ1) is 15.5. The lowest BCUT2D eigenvalue weighted by Gasteiger charge is -2.32. The Hall–Kier alpha value is -3.45. The molecule has 172 valence electrons. The Balaban J connectivity index is 1.92. The Labute approximate surface area is 191 Å². The molecule has 0 saturated carbocycles. The van der Waals surface area contributed by atoms with Crippen molar-refractivity contribution < 1.29 is 19.1 Å². The van der Waals surface area contributed by atoms with E-state index in [-0.39, 0.29) is 17.4 Å². The fourth-order valence-electron chi connectivity index (χ4n) is 4.65. The summed E-state index contributed by atoms with van der Waals surface area (Å²) in [6.45, 7) is 8.82. The van der Waals surface area contributed by atoms with Gasteiger partial charge in [0, 0.05) is 27.9 Å². The quantitative estimate of drug-likeness (QED) is 0.432. The van der Waals surface area contributed by atoms with Crippen LogP contribution in [0.15, 0.2) is 42.5 Å². The second-order valence-electron chi connectivity index (χ2n) is 9.39. The molecule has 1 heterocycles. The van der Waals surface area contributed by atoms with Crippen molar-refractivity contribution in [2.75, 3.05) is 5.32 Å². The van der Waals surface area contributed by atoms with Crippen molar-refractivity contribution >= 4 is 28.4 Å². The van der Waals surface area contributed by atoms with Gasteiger partial charge in [-0.3, -0.25) is 9.59 Å². The average Bonchev–Trinajstić information content (AvgIpc) is 3.11. The summed E-state index contributed by atoms with van der Waals surface area (Å²) in [4.78, 5) is 27.5. The van der Waals surface area contributed by atoms with E-state index in [1.807, 2.05) is 0 Å². The van der Waals surface area contributed by atoms with E-state index in [0.717, 1.165) is 23.7 Å². The molecule has 0 fully saturated rings. The average molecular weight is 450 g/mol. The number of aryl methyl sites for hydroxylation is 1. The normalized spacial score (nSPS) is 15.8. The number of carbonyl (C=O) groups is 2. The molecule has 1 unspecified atom stereocenters. The van der Waals surface area contributed by atoms with Crippen LogP contribution in [0.5, 0.6) is 0 Å². The maximum absolute atomic E-state index is 15.5. The molecule has 1 atom stereocenters. The van der Waals surface area contributed by atoms with Gasteiger partial charge in [0.15, 0.2) is 0 Å². The first kappa shape index (κ1) is 22.7. The molecule has 0 spiro atoms. The van der Waals surface area contributed by atoms with Gasteiger partial charge in [0.2, 0.25) is 0 Å². The number of H-pyrrole nitrogens is 1. The molecule has 6 nitrogen and oxygen atoms in total. The molecule has 0 saturated heterocycles. The molecule has 0 bridgehead atoms. The SMILES string of the molecule is C=C(C)C(=O)Nc1cccc(-c2c(F)cc(C(N)=O)c3[nH]c4c(c23)CCC(C(C)(C)O)C4)c1. The van der Waals surface area contributed by atoms with E-state index in [1.165, 1.54) is 0 Å². The number of primary amides is 1. The van der Waals surface area contributed by atoms with Gasteiger partial charge in [0.25, 0.3) is 11.8 Å². The molecule has 5 N–H and O–H groups in total. The molecular weight excluding hydrogens is 421 g/mol. The van der Waals surface area contributed by atoms with Crippen LogP contribution in [0, 0.1) is 11.7 Å². The molecule has 0 radical (unpaired) electrons. The Morgan fingerprint density at radius 2 is 2.03 bits per heavy atom. The van der Waals surface area contributed by atoms with Gasteiger partial charge in [-0.1, -0.05) is 18.7 Å². The monoisotopic (exact) mass is 449 g/mol. The van der Waals surface area contributed by atoms with Crippen LogP contribution in [-0.4, -0.2) is 27.5 Å². The minimum atomic E-state index is -0.856. The van der Waals surface area contributed by atoms with Crippen molar-refractivity contribution in [3.8, 4) is 11.1 Å². The standard InChI is InChI=1S/C26H28FN3O3/c1-13(2)25(32)29-16-7-5-6-14(10-16)21-19(27)12-18(24(28)31)23-22(21)17-9-8-15(26(3,4)33)11-20(17)30-23/h5-7,10,12,15,30,33H,1,8-9,11H2,2-4H3,(H2,28,31)(H,29,32). The van der Waals surface area contributed by atoms with Crippen molar-refractivity contribution in [3.63, 3.8) is 0 Å². The number of aromatic nitrogens is 1. The minimum Gasteiger partial charge on any atom is -0.390 e. The third-order valence-corrected chi connectivity index (χ3v) is 6.48. The Bertz CT molecular complexity index is 1300. The zero-order chi connectivity index (χ0) is 24.1. The first-order valence-corrected chi connectivity index (χ1v) is 10.9. The third-order valence-electron chi connectivity index (χ3n) is 6.48. The number of nitrogens with two attached hydrogens (primary N) is 1. The number of hydrogen-bond donors (Lipinski definition) is 4. The third kappa shape index (κ3) is 4.16. The number of anilines is 1. The fourth-order valence-corrected chi connectivity index (χ4v) is 4.65. The van der Waals surface area contributed by atoms with Gasteiger partial charge in [-0.05, 0) is 75.3 Å². The zero-order valence-electron chi connectivity index (χ0n) is 19.0. The summed E-state index contributed by atoms with van der Waals surface area (Å²) in [5, 5.41) is 13.9. The molecule has 1 aliphatic rings. The molecule has 33 heavy (non-hydrogen) atoms. The van der Waals surface area contributed by atoms with E-state index < -0.39 is 17.3 Å². The van der Waals surface area contributed by atoms with Crippen LogP contribution in [0.4, 0.5) is 10.1 Å². The topological polar surface area (TPSA) is 108 Å². The van der Waals surface area contributed by atoms with Gasteiger partial charge in [0.1, 0.15) is 5.82 Å². The summed E-state index contributed by atoms with van der Waals surface area (Å²) in [7, 11) is 0. The molecule has 2 amide bonds. The van der Waals surface area contributed by atoms with Gasteiger partial charge in [-0.25, -0.2) is 4.39 Å². The molecule has 4 rings (SSSR count). The van der Waals surface area contributed by atoms with Gasteiger partial charge >= 0.3 is 0 Å². The summed E-state index contributed by atoms with van der Waals surface area (Å²) in [6.07, 6.45) is 1.95. The molecule has 7 heteroatoms. The predicted molar refractivity (Wildman–Crippen MR) is 127 cm³/mol. The van der Waals surface area contributed by atoms with Crippen LogP contribution in [0.3, 0.4) is 0 Å². The van der Waals surface area contributed by atoms with Crippen LogP contribution in [0.1, 0.15) is 48.8 Å². The number of rotatable bonds is 5. The highest BCUT2D eigenvalue weighted by Gasteiger charge is 2.34. The molecule has 3 aromatic rings. The summed E-state index contributed by atoms with van der Waals surface area (Å²) in [6, 6.07) is 8.08. The zero-order valence-corrected chi connectivity index (χ0v) is 19.0. The lowest BCUT2D eigenvalue weighted by atomic mass is 9.77. The number of aromatic amines is 1. The number of fused-ring (bicyclic) bond motifs is 3. The van der Waals surface area contributed by atoms with Gasteiger partial charge in [-0.2, -0.15) is 0 Å². The van der Waals surface area contributed by atoms with Crippen molar-refractivity contribution in [1.29, 1.82) is 0 Å². The van der Waals surface area contributed by atoms with Crippen LogP contribution in [-0.2, 0) is 17.6 Å².